The Morgan fingerprint density at radius 1 is 1.56 bits per heavy atom. The van der Waals surface area contributed by atoms with E-state index in [9.17, 15) is 14.9 Å². The van der Waals surface area contributed by atoms with Crippen molar-refractivity contribution >= 4 is 24.3 Å². The zero-order valence-corrected chi connectivity index (χ0v) is 9.09. The molecule has 0 spiro atoms. The van der Waals surface area contributed by atoms with Crippen LogP contribution in [0.3, 0.4) is 0 Å². The predicted octanol–water partition coefficient (Wildman–Crippen LogP) is 0.757. The van der Waals surface area contributed by atoms with Gasteiger partial charge in [0.15, 0.2) is 0 Å². The van der Waals surface area contributed by atoms with Crippen LogP contribution in [-0.4, -0.2) is 22.7 Å². The van der Waals surface area contributed by atoms with Gasteiger partial charge in [0, 0.05) is 11.8 Å². The van der Waals surface area contributed by atoms with Crippen LogP contribution in [0.2, 0.25) is 0 Å². The third kappa shape index (κ3) is 2.94. The van der Waals surface area contributed by atoms with Crippen molar-refractivity contribution in [3.63, 3.8) is 0 Å². The molecule has 0 unspecified atom stereocenters. The Hall–Kier alpha value is -1.60. The van der Waals surface area contributed by atoms with E-state index in [1.807, 2.05) is 0 Å². The van der Waals surface area contributed by atoms with Crippen LogP contribution in [0.15, 0.2) is 24.3 Å². The van der Waals surface area contributed by atoms with Gasteiger partial charge < -0.3 is 10.5 Å². The molecule has 16 heavy (non-hydrogen) atoms. The summed E-state index contributed by atoms with van der Waals surface area (Å²) in [6.45, 7) is 0. The quantitative estimate of drug-likeness (QED) is 0.267. The molecule has 86 valence electrons. The van der Waals surface area contributed by atoms with Crippen LogP contribution >= 0.6 is 12.6 Å². The molecule has 0 aliphatic carbocycles. The number of benzene rings is 1. The van der Waals surface area contributed by atoms with Gasteiger partial charge in [-0.2, -0.15) is 12.6 Å². The molecule has 1 rings (SSSR count). The topological polar surface area (TPSA) is 95.5 Å². The van der Waals surface area contributed by atoms with Crippen LogP contribution in [0.1, 0.15) is 0 Å². The maximum atomic E-state index is 11.3. The maximum absolute atomic E-state index is 11.3. The molecule has 0 saturated heterocycles. The van der Waals surface area contributed by atoms with Gasteiger partial charge >= 0.3 is 11.7 Å². The number of nitrogens with two attached hydrogens (primary N) is 1. The van der Waals surface area contributed by atoms with Gasteiger partial charge in [-0.05, 0) is 6.07 Å². The fourth-order valence-electron chi connectivity index (χ4n) is 0.953. The van der Waals surface area contributed by atoms with Crippen LogP contribution in [0.25, 0.3) is 0 Å². The molecule has 6 nitrogen and oxygen atoms in total. The minimum absolute atomic E-state index is 0.111. The van der Waals surface area contributed by atoms with E-state index in [1.165, 1.54) is 24.3 Å². The number of thiol groups is 1. The summed E-state index contributed by atoms with van der Waals surface area (Å²) in [5, 5.41) is 10.6. The lowest BCUT2D eigenvalue weighted by Gasteiger charge is -2.08. The lowest BCUT2D eigenvalue weighted by molar-refractivity contribution is -0.385. The average molecular weight is 242 g/mol. The lowest BCUT2D eigenvalue weighted by atomic mass is 10.3. The zero-order chi connectivity index (χ0) is 12.1. The van der Waals surface area contributed by atoms with E-state index >= 15 is 0 Å². The van der Waals surface area contributed by atoms with Crippen LogP contribution in [0.5, 0.6) is 5.75 Å². The molecule has 1 aromatic carbocycles. The summed E-state index contributed by atoms with van der Waals surface area (Å²) in [6.07, 6.45) is 0. The van der Waals surface area contributed by atoms with Gasteiger partial charge in [0.1, 0.15) is 6.04 Å². The van der Waals surface area contributed by atoms with Crippen molar-refractivity contribution in [2.45, 2.75) is 6.04 Å². The number of rotatable bonds is 4. The Labute approximate surface area is 96.9 Å². The minimum atomic E-state index is -0.900. The Kier molecular flexibility index (Phi) is 4.27. The second-order valence-corrected chi connectivity index (χ2v) is 3.30. The van der Waals surface area contributed by atoms with Crippen molar-refractivity contribution in [1.82, 2.24) is 0 Å². The molecule has 0 fully saturated rings. The van der Waals surface area contributed by atoms with Crippen molar-refractivity contribution in [2.24, 2.45) is 5.73 Å². The monoisotopic (exact) mass is 242 g/mol. The SMILES string of the molecule is N[C@@H](CS)C(=O)Oc1ccccc1[N+](=O)[O-]. The standard InChI is InChI=1S/C9H10N2O4S/c10-6(5-16)9(12)15-8-4-2-1-3-7(8)11(13)14/h1-4,6,16H,5,10H2/t6-/m0/s1. The van der Waals surface area contributed by atoms with Crippen LogP contribution in [0, 0.1) is 10.1 Å². The largest absolute Gasteiger partial charge is 0.418 e. The van der Waals surface area contributed by atoms with E-state index in [0.29, 0.717) is 0 Å². The van der Waals surface area contributed by atoms with E-state index in [-0.39, 0.29) is 17.2 Å². The van der Waals surface area contributed by atoms with E-state index in [2.05, 4.69) is 12.6 Å². The number of carbonyl (C=O) groups excluding carboxylic acids is 1. The van der Waals surface area contributed by atoms with E-state index in [1.54, 1.807) is 0 Å². The number of nitro benzene ring substituents is 1. The highest BCUT2D eigenvalue weighted by Gasteiger charge is 2.20. The molecule has 1 aromatic rings. The second-order valence-electron chi connectivity index (χ2n) is 2.93. The Morgan fingerprint density at radius 2 is 2.19 bits per heavy atom. The third-order valence-corrected chi connectivity index (χ3v) is 2.17. The molecule has 0 amide bonds. The smallest absolute Gasteiger partial charge is 0.329 e. The molecule has 1 atom stereocenters. The first-order valence-electron chi connectivity index (χ1n) is 4.37. The molecule has 0 bridgehead atoms. The maximum Gasteiger partial charge on any atom is 0.329 e. The van der Waals surface area contributed by atoms with Gasteiger partial charge in [0.2, 0.25) is 5.75 Å². The normalized spacial score (nSPS) is 11.9. The van der Waals surface area contributed by atoms with Crippen molar-refractivity contribution in [3.05, 3.63) is 34.4 Å². The fraction of sp³-hybridized carbons (Fsp3) is 0.222. The highest BCUT2D eigenvalue weighted by molar-refractivity contribution is 7.80. The number of nitro groups is 1. The summed E-state index contributed by atoms with van der Waals surface area (Å²) in [7, 11) is 0. The Bertz CT molecular complexity index is 410. The van der Waals surface area contributed by atoms with Gasteiger partial charge in [-0.3, -0.25) is 10.1 Å². The summed E-state index contributed by atoms with van der Waals surface area (Å²) in [6, 6.07) is 4.69. The summed E-state index contributed by atoms with van der Waals surface area (Å²) in [5.41, 5.74) is 5.09. The summed E-state index contributed by atoms with van der Waals surface area (Å²) in [5.74, 6) is -0.751. The highest BCUT2D eigenvalue weighted by atomic mass is 32.1. The molecule has 0 aliphatic rings. The van der Waals surface area contributed by atoms with Crippen LogP contribution < -0.4 is 10.5 Å². The molecule has 2 N–H and O–H groups in total. The number of ether oxygens (including phenoxy) is 1. The molecule has 0 aliphatic heterocycles. The molecular weight excluding hydrogens is 232 g/mol. The first-order valence-corrected chi connectivity index (χ1v) is 5.01. The number of nitrogens with zero attached hydrogens (tertiary/aromatic N) is 1. The van der Waals surface area contributed by atoms with Crippen molar-refractivity contribution in [1.29, 1.82) is 0 Å². The predicted molar refractivity (Wildman–Crippen MR) is 60.6 cm³/mol. The van der Waals surface area contributed by atoms with E-state index in [4.69, 9.17) is 10.5 Å². The fourth-order valence-corrected chi connectivity index (χ4v) is 1.10. The molecule has 7 heteroatoms. The molecule has 0 radical (unpaired) electrons. The zero-order valence-electron chi connectivity index (χ0n) is 8.20. The summed E-state index contributed by atoms with van der Waals surface area (Å²) in [4.78, 5) is 21.3. The summed E-state index contributed by atoms with van der Waals surface area (Å²) < 4.78 is 4.80. The summed E-state index contributed by atoms with van der Waals surface area (Å²) >= 11 is 3.83. The third-order valence-electron chi connectivity index (χ3n) is 1.77. The molecule has 0 saturated carbocycles. The molecule has 0 heterocycles. The van der Waals surface area contributed by atoms with Gasteiger partial charge in [-0.15, -0.1) is 0 Å². The van der Waals surface area contributed by atoms with Gasteiger partial charge in [-0.1, -0.05) is 12.1 Å². The minimum Gasteiger partial charge on any atom is -0.418 e. The van der Waals surface area contributed by atoms with E-state index in [0.717, 1.165) is 0 Å². The van der Waals surface area contributed by atoms with Crippen molar-refractivity contribution in [2.75, 3.05) is 5.75 Å². The number of carbonyl (C=O) groups is 1. The highest BCUT2D eigenvalue weighted by Crippen LogP contribution is 2.25. The van der Waals surface area contributed by atoms with Crippen LogP contribution in [-0.2, 0) is 4.79 Å². The number of esters is 1. The van der Waals surface area contributed by atoms with Gasteiger partial charge in [-0.25, -0.2) is 4.79 Å². The van der Waals surface area contributed by atoms with E-state index < -0.39 is 16.9 Å². The van der Waals surface area contributed by atoms with Crippen molar-refractivity contribution < 1.29 is 14.5 Å². The second kappa shape index (κ2) is 5.47. The Balaban J connectivity index is 2.89. The van der Waals surface area contributed by atoms with Crippen LogP contribution in [0.4, 0.5) is 5.69 Å². The number of hydrogen-bond acceptors (Lipinski definition) is 6. The first-order chi connectivity index (χ1) is 7.56. The van der Waals surface area contributed by atoms with Gasteiger partial charge in [0.05, 0.1) is 4.92 Å². The van der Waals surface area contributed by atoms with Gasteiger partial charge in [0.25, 0.3) is 0 Å². The lowest BCUT2D eigenvalue weighted by Crippen LogP contribution is -2.35. The number of para-hydroxylation sites is 2. The number of hydrogen-bond donors (Lipinski definition) is 2. The first kappa shape index (κ1) is 12.5. The Morgan fingerprint density at radius 3 is 2.75 bits per heavy atom. The molecular formula is C9H10N2O4S. The van der Waals surface area contributed by atoms with Crippen molar-refractivity contribution in [3.8, 4) is 5.75 Å². The molecule has 0 aromatic heterocycles. The average Bonchev–Trinajstić information content (AvgIpc) is 2.28.